The molecule has 12 heavy (non-hydrogen) atoms. The predicted octanol–water partition coefficient (Wildman–Crippen LogP) is 2.53. The zero-order chi connectivity index (χ0) is 9.14. The van der Waals surface area contributed by atoms with Crippen molar-refractivity contribution in [3.8, 4) is 0 Å². The zero-order valence-corrected chi connectivity index (χ0v) is 8.44. The molecule has 0 saturated carbocycles. The first-order chi connectivity index (χ1) is 5.59. The van der Waals surface area contributed by atoms with E-state index in [9.17, 15) is 4.79 Å². The third kappa shape index (κ3) is 2.41. The molecule has 0 N–H and O–H groups in total. The zero-order valence-electron chi connectivity index (χ0n) is 7.63. The molecule has 1 heterocycles. The Morgan fingerprint density at radius 2 is 2.42 bits per heavy atom. The number of carbonyl (C=O) groups excluding carboxylic acids is 1. The third-order valence-corrected chi connectivity index (χ3v) is 2.84. The second-order valence-electron chi connectivity index (χ2n) is 3.18. The van der Waals surface area contributed by atoms with E-state index in [1.54, 1.807) is 6.92 Å². The van der Waals surface area contributed by atoms with Crippen LogP contribution < -0.4 is 0 Å². The van der Waals surface area contributed by atoms with E-state index < -0.39 is 0 Å². The standard InChI is InChI=1S/C9H13NOS/c1-6(4-8(3)11)9-5-7(2)10-12-9/h5-6H,4H2,1-3H3. The Morgan fingerprint density at radius 3 is 2.83 bits per heavy atom. The molecule has 0 bridgehead atoms. The summed E-state index contributed by atoms with van der Waals surface area (Å²) in [6.07, 6.45) is 0.627. The van der Waals surface area contributed by atoms with E-state index in [0.29, 0.717) is 12.3 Å². The van der Waals surface area contributed by atoms with Crippen molar-refractivity contribution in [1.82, 2.24) is 4.37 Å². The van der Waals surface area contributed by atoms with Crippen molar-refractivity contribution in [2.45, 2.75) is 33.1 Å². The minimum atomic E-state index is 0.244. The summed E-state index contributed by atoms with van der Waals surface area (Å²) in [6.45, 7) is 5.67. The van der Waals surface area contributed by atoms with Crippen LogP contribution in [0.4, 0.5) is 0 Å². The van der Waals surface area contributed by atoms with Gasteiger partial charge in [-0.15, -0.1) is 0 Å². The Hall–Kier alpha value is -0.700. The lowest BCUT2D eigenvalue weighted by atomic mass is 10.0. The van der Waals surface area contributed by atoms with Crippen LogP contribution in [0.3, 0.4) is 0 Å². The molecule has 1 atom stereocenters. The molecular weight excluding hydrogens is 170 g/mol. The molecule has 0 saturated heterocycles. The summed E-state index contributed by atoms with van der Waals surface area (Å²) in [4.78, 5) is 12.0. The normalized spacial score (nSPS) is 12.9. The number of rotatable bonds is 3. The van der Waals surface area contributed by atoms with Crippen LogP contribution in [0, 0.1) is 6.92 Å². The average molecular weight is 183 g/mol. The van der Waals surface area contributed by atoms with E-state index in [1.807, 2.05) is 6.92 Å². The molecule has 3 heteroatoms. The van der Waals surface area contributed by atoms with Gasteiger partial charge in [0.1, 0.15) is 5.78 Å². The minimum Gasteiger partial charge on any atom is -0.300 e. The molecule has 0 aromatic carbocycles. The lowest BCUT2D eigenvalue weighted by Gasteiger charge is -2.03. The van der Waals surface area contributed by atoms with Gasteiger partial charge >= 0.3 is 0 Å². The van der Waals surface area contributed by atoms with Gasteiger partial charge in [0.2, 0.25) is 0 Å². The van der Waals surface area contributed by atoms with Gasteiger partial charge < -0.3 is 4.79 Å². The summed E-state index contributed by atoms with van der Waals surface area (Å²) in [5.74, 6) is 0.572. The van der Waals surface area contributed by atoms with Crippen molar-refractivity contribution in [3.63, 3.8) is 0 Å². The molecule has 0 aliphatic rings. The number of Topliss-reactive ketones (excluding diaryl/α,β-unsaturated/α-hetero) is 1. The summed E-state index contributed by atoms with van der Waals surface area (Å²) in [5.41, 5.74) is 1.05. The Bertz CT molecular complexity index is 280. The van der Waals surface area contributed by atoms with Crippen molar-refractivity contribution >= 4 is 17.3 Å². The number of nitrogens with zero attached hydrogens (tertiary/aromatic N) is 1. The van der Waals surface area contributed by atoms with Gasteiger partial charge in [0.05, 0.1) is 5.69 Å². The second kappa shape index (κ2) is 3.81. The molecule has 66 valence electrons. The van der Waals surface area contributed by atoms with Crippen LogP contribution in [0.2, 0.25) is 0 Å². The molecule has 1 aromatic heterocycles. The van der Waals surface area contributed by atoms with Crippen LogP contribution in [0.25, 0.3) is 0 Å². The molecule has 1 rings (SSSR count). The molecule has 0 aliphatic heterocycles. The fourth-order valence-corrected chi connectivity index (χ4v) is 1.94. The Morgan fingerprint density at radius 1 is 1.75 bits per heavy atom. The van der Waals surface area contributed by atoms with Gasteiger partial charge in [-0.3, -0.25) is 0 Å². The van der Waals surface area contributed by atoms with E-state index in [-0.39, 0.29) is 5.78 Å². The van der Waals surface area contributed by atoms with E-state index in [0.717, 1.165) is 5.69 Å². The average Bonchev–Trinajstić information content (AvgIpc) is 2.34. The number of hydrogen-bond acceptors (Lipinski definition) is 3. The highest BCUT2D eigenvalue weighted by Crippen LogP contribution is 2.23. The summed E-state index contributed by atoms with van der Waals surface area (Å²) in [6, 6.07) is 2.05. The maximum Gasteiger partial charge on any atom is 0.130 e. The Labute approximate surface area is 76.8 Å². The highest BCUT2D eigenvalue weighted by Gasteiger charge is 2.10. The number of aromatic nitrogens is 1. The molecule has 2 nitrogen and oxygen atoms in total. The van der Waals surface area contributed by atoms with Crippen LogP contribution in [-0.2, 0) is 4.79 Å². The second-order valence-corrected chi connectivity index (χ2v) is 4.01. The van der Waals surface area contributed by atoms with E-state index in [4.69, 9.17) is 0 Å². The monoisotopic (exact) mass is 183 g/mol. The first kappa shape index (κ1) is 9.39. The van der Waals surface area contributed by atoms with E-state index in [1.165, 1.54) is 16.4 Å². The summed E-state index contributed by atoms with van der Waals surface area (Å²) in [5, 5.41) is 0. The third-order valence-electron chi connectivity index (χ3n) is 1.73. The Balaban J connectivity index is 2.64. The molecule has 0 radical (unpaired) electrons. The minimum absolute atomic E-state index is 0.244. The highest BCUT2D eigenvalue weighted by atomic mass is 32.1. The quantitative estimate of drug-likeness (QED) is 0.720. The number of carbonyl (C=O) groups is 1. The molecule has 1 unspecified atom stereocenters. The molecule has 0 fully saturated rings. The van der Waals surface area contributed by atoms with Crippen LogP contribution >= 0.6 is 11.5 Å². The number of hydrogen-bond donors (Lipinski definition) is 0. The summed E-state index contributed by atoms with van der Waals surface area (Å²) in [7, 11) is 0. The highest BCUT2D eigenvalue weighted by molar-refractivity contribution is 7.05. The van der Waals surface area contributed by atoms with Crippen molar-refractivity contribution < 1.29 is 4.79 Å². The van der Waals surface area contributed by atoms with Crippen molar-refractivity contribution in [1.29, 1.82) is 0 Å². The molecular formula is C9H13NOS. The smallest absolute Gasteiger partial charge is 0.130 e. The first-order valence-corrected chi connectivity index (χ1v) is 4.79. The fourth-order valence-electron chi connectivity index (χ4n) is 1.15. The van der Waals surface area contributed by atoms with Gasteiger partial charge in [-0.1, -0.05) is 6.92 Å². The van der Waals surface area contributed by atoms with E-state index >= 15 is 0 Å². The topological polar surface area (TPSA) is 30.0 Å². The van der Waals surface area contributed by atoms with Gasteiger partial charge in [-0.05, 0) is 37.4 Å². The van der Waals surface area contributed by atoms with Gasteiger partial charge in [0.15, 0.2) is 0 Å². The van der Waals surface area contributed by atoms with Crippen LogP contribution in [0.5, 0.6) is 0 Å². The molecule has 0 aliphatic carbocycles. The van der Waals surface area contributed by atoms with E-state index in [2.05, 4.69) is 17.4 Å². The molecule has 0 spiro atoms. The van der Waals surface area contributed by atoms with Gasteiger partial charge in [0, 0.05) is 11.3 Å². The summed E-state index contributed by atoms with van der Waals surface area (Å²) < 4.78 is 4.18. The maximum absolute atomic E-state index is 10.8. The van der Waals surface area contributed by atoms with Gasteiger partial charge in [-0.25, -0.2) is 0 Å². The lowest BCUT2D eigenvalue weighted by Crippen LogP contribution is -1.97. The first-order valence-electron chi connectivity index (χ1n) is 4.02. The fraction of sp³-hybridized carbons (Fsp3) is 0.556. The van der Waals surface area contributed by atoms with Crippen molar-refractivity contribution in [3.05, 3.63) is 16.6 Å². The van der Waals surface area contributed by atoms with Crippen molar-refractivity contribution in [2.24, 2.45) is 0 Å². The molecule has 1 aromatic rings. The summed E-state index contributed by atoms with van der Waals surface area (Å²) >= 11 is 1.50. The Kier molecular flexibility index (Phi) is 2.98. The lowest BCUT2D eigenvalue weighted by molar-refractivity contribution is -0.117. The van der Waals surface area contributed by atoms with Gasteiger partial charge in [0.25, 0.3) is 0 Å². The van der Waals surface area contributed by atoms with Crippen LogP contribution in [0.1, 0.15) is 36.8 Å². The molecule has 0 amide bonds. The number of aryl methyl sites for hydroxylation is 1. The maximum atomic E-state index is 10.8. The largest absolute Gasteiger partial charge is 0.300 e. The SMILES string of the molecule is CC(=O)CC(C)c1cc(C)ns1. The van der Waals surface area contributed by atoms with Crippen LogP contribution in [-0.4, -0.2) is 10.2 Å². The van der Waals surface area contributed by atoms with Crippen LogP contribution in [0.15, 0.2) is 6.07 Å². The number of ketones is 1. The predicted molar refractivity (Wildman–Crippen MR) is 50.6 cm³/mol. The van der Waals surface area contributed by atoms with Crippen molar-refractivity contribution in [2.75, 3.05) is 0 Å². The van der Waals surface area contributed by atoms with Gasteiger partial charge in [-0.2, -0.15) is 4.37 Å².